The standard InChI is InChI=1S/C15H18O3/c1-3-18-15(17)14(16)7-5-4-6-13-10-8-12(2)9-11-13/h4-11,14,16H,3H2,1-2H3/b6-4+,7-5+/t14-/m0/s1. The van der Waals surface area contributed by atoms with Gasteiger partial charge in [0.1, 0.15) is 0 Å². The lowest BCUT2D eigenvalue weighted by molar-refractivity contribution is -0.150. The molecule has 3 nitrogen and oxygen atoms in total. The van der Waals surface area contributed by atoms with Crippen LogP contribution in [-0.2, 0) is 9.53 Å². The third-order valence-electron chi connectivity index (χ3n) is 2.30. The number of allylic oxidation sites excluding steroid dienone is 2. The van der Waals surface area contributed by atoms with Crippen LogP contribution in [0.2, 0.25) is 0 Å². The average molecular weight is 246 g/mol. The van der Waals surface area contributed by atoms with Gasteiger partial charge in [-0.15, -0.1) is 0 Å². The maximum atomic E-state index is 11.1. The molecule has 1 N–H and O–H groups in total. The Kier molecular flexibility index (Phi) is 5.88. The van der Waals surface area contributed by atoms with Crippen LogP contribution in [0.4, 0.5) is 0 Å². The van der Waals surface area contributed by atoms with E-state index in [-0.39, 0.29) is 6.61 Å². The SMILES string of the molecule is CCOC(=O)[C@@H](O)/C=C/C=C/c1ccc(C)cc1. The molecule has 0 aliphatic carbocycles. The number of rotatable bonds is 5. The van der Waals surface area contributed by atoms with Gasteiger partial charge in [-0.05, 0) is 25.5 Å². The van der Waals surface area contributed by atoms with Crippen LogP contribution in [0.25, 0.3) is 6.08 Å². The fourth-order valence-electron chi connectivity index (χ4n) is 1.32. The van der Waals surface area contributed by atoms with E-state index in [1.54, 1.807) is 19.1 Å². The highest BCUT2D eigenvalue weighted by Crippen LogP contribution is 2.05. The summed E-state index contributed by atoms with van der Waals surface area (Å²) >= 11 is 0. The molecule has 1 aromatic rings. The summed E-state index contributed by atoms with van der Waals surface area (Å²) in [5.41, 5.74) is 2.27. The molecule has 18 heavy (non-hydrogen) atoms. The molecule has 0 radical (unpaired) electrons. The van der Waals surface area contributed by atoms with E-state index in [2.05, 4.69) is 4.74 Å². The number of aliphatic hydroxyl groups is 1. The van der Waals surface area contributed by atoms with E-state index in [9.17, 15) is 9.90 Å². The first-order valence-electron chi connectivity index (χ1n) is 5.89. The number of aryl methyl sites for hydroxylation is 1. The van der Waals surface area contributed by atoms with Crippen LogP contribution in [-0.4, -0.2) is 23.8 Å². The highest BCUT2D eigenvalue weighted by molar-refractivity contribution is 5.76. The predicted molar refractivity (Wildman–Crippen MR) is 72.0 cm³/mol. The summed E-state index contributed by atoms with van der Waals surface area (Å²) in [7, 11) is 0. The van der Waals surface area contributed by atoms with Gasteiger partial charge < -0.3 is 9.84 Å². The van der Waals surface area contributed by atoms with Gasteiger partial charge in [0, 0.05) is 0 Å². The maximum absolute atomic E-state index is 11.1. The predicted octanol–water partition coefficient (Wildman–Crippen LogP) is 2.49. The van der Waals surface area contributed by atoms with Crippen LogP contribution in [0, 0.1) is 6.92 Å². The minimum Gasteiger partial charge on any atom is -0.464 e. The zero-order chi connectivity index (χ0) is 13.4. The molecule has 1 rings (SSSR count). The van der Waals surface area contributed by atoms with Gasteiger partial charge in [0.2, 0.25) is 0 Å². The molecule has 0 heterocycles. The third kappa shape index (κ3) is 4.97. The van der Waals surface area contributed by atoms with Gasteiger partial charge >= 0.3 is 5.97 Å². The molecule has 0 saturated carbocycles. The van der Waals surface area contributed by atoms with Crippen LogP contribution in [0.3, 0.4) is 0 Å². The van der Waals surface area contributed by atoms with Crippen molar-refractivity contribution in [1.82, 2.24) is 0 Å². The number of ether oxygens (including phenoxy) is 1. The van der Waals surface area contributed by atoms with Crippen LogP contribution < -0.4 is 0 Å². The van der Waals surface area contributed by atoms with Crippen molar-refractivity contribution in [2.75, 3.05) is 6.61 Å². The van der Waals surface area contributed by atoms with Gasteiger partial charge in [0.15, 0.2) is 6.10 Å². The molecule has 0 saturated heterocycles. The second-order valence-corrected chi connectivity index (χ2v) is 3.85. The van der Waals surface area contributed by atoms with E-state index in [0.29, 0.717) is 0 Å². The average Bonchev–Trinajstić information content (AvgIpc) is 2.36. The molecule has 0 aromatic heterocycles. The Balaban J connectivity index is 2.49. The summed E-state index contributed by atoms with van der Waals surface area (Å²) in [4.78, 5) is 11.1. The monoisotopic (exact) mass is 246 g/mol. The quantitative estimate of drug-likeness (QED) is 0.641. The fourth-order valence-corrected chi connectivity index (χ4v) is 1.32. The molecule has 1 aromatic carbocycles. The van der Waals surface area contributed by atoms with E-state index in [4.69, 9.17) is 0 Å². The molecule has 0 aliphatic rings. The van der Waals surface area contributed by atoms with Crippen molar-refractivity contribution in [1.29, 1.82) is 0 Å². The first-order valence-corrected chi connectivity index (χ1v) is 5.89. The van der Waals surface area contributed by atoms with Gasteiger partial charge in [-0.25, -0.2) is 4.79 Å². The Morgan fingerprint density at radius 3 is 2.61 bits per heavy atom. The summed E-state index contributed by atoms with van der Waals surface area (Å²) in [6.07, 6.45) is 5.48. The topological polar surface area (TPSA) is 46.5 Å². The number of benzene rings is 1. The zero-order valence-corrected chi connectivity index (χ0v) is 10.7. The van der Waals surface area contributed by atoms with Crippen molar-refractivity contribution < 1.29 is 14.6 Å². The van der Waals surface area contributed by atoms with Gasteiger partial charge in [-0.2, -0.15) is 0 Å². The van der Waals surface area contributed by atoms with Crippen LogP contribution in [0.15, 0.2) is 42.5 Å². The summed E-state index contributed by atoms with van der Waals surface area (Å²) in [6, 6.07) is 8.05. The number of carbonyl (C=O) groups is 1. The Labute approximate surface area is 107 Å². The lowest BCUT2D eigenvalue weighted by Gasteiger charge is -2.03. The normalized spacial score (nSPS) is 13.1. The smallest absolute Gasteiger partial charge is 0.339 e. The number of esters is 1. The van der Waals surface area contributed by atoms with Crippen molar-refractivity contribution in [3.05, 3.63) is 53.6 Å². The first-order chi connectivity index (χ1) is 8.63. The van der Waals surface area contributed by atoms with Crippen LogP contribution in [0.1, 0.15) is 18.1 Å². The Bertz CT molecular complexity index is 430. The molecule has 3 heteroatoms. The largest absolute Gasteiger partial charge is 0.464 e. The number of hydrogen-bond donors (Lipinski definition) is 1. The van der Waals surface area contributed by atoms with Crippen molar-refractivity contribution >= 4 is 12.0 Å². The molecule has 0 spiro atoms. The van der Waals surface area contributed by atoms with Gasteiger partial charge in [0.25, 0.3) is 0 Å². The molecule has 1 atom stereocenters. The highest BCUT2D eigenvalue weighted by Gasteiger charge is 2.10. The summed E-state index contributed by atoms with van der Waals surface area (Å²) in [5, 5.41) is 9.39. The number of carbonyl (C=O) groups excluding carboxylic acids is 1. The van der Waals surface area contributed by atoms with E-state index < -0.39 is 12.1 Å². The second-order valence-electron chi connectivity index (χ2n) is 3.85. The van der Waals surface area contributed by atoms with Gasteiger partial charge in [-0.3, -0.25) is 0 Å². The maximum Gasteiger partial charge on any atom is 0.339 e. The van der Waals surface area contributed by atoms with Gasteiger partial charge in [0.05, 0.1) is 6.61 Å². The lowest BCUT2D eigenvalue weighted by atomic mass is 10.1. The van der Waals surface area contributed by atoms with Crippen molar-refractivity contribution in [3.63, 3.8) is 0 Å². The second kappa shape index (κ2) is 7.45. The minimum atomic E-state index is -1.20. The molecule has 96 valence electrons. The fraction of sp³-hybridized carbons (Fsp3) is 0.267. The highest BCUT2D eigenvalue weighted by atomic mass is 16.5. The van der Waals surface area contributed by atoms with E-state index in [1.807, 2.05) is 37.3 Å². The van der Waals surface area contributed by atoms with Crippen molar-refractivity contribution in [2.24, 2.45) is 0 Å². The van der Waals surface area contributed by atoms with Crippen molar-refractivity contribution in [3.8, 4) is 0 Å². The van der Waals surface area contributed by atoms with E-state index >= 15 is 0 Å². The number of hydrogen-bond acceptors (Lipinski definition) is 3. The summed E-state index contributed by atoms with van der Waals surface area (Å²) < 4.78 is 4.67. The molecular formula is C15H18O3. The third-order valence-corrected chi connectivity index (χ3v) is 2.30. The lowest BCUT2D eigenvalue weighted by Crippen LogP contribution is -2.20. The van der Waals surface area contributed by atoms with Crippen LogP contribution >= 0.6 is 0 Å². The summed E-state index contributed by atoms with van der Waals surface area (Å²) in [5.74, 6) is -0.627. The van der Waals surface area contributed by atoms with Crippen LogP contribution in [0.5, 0.6) is 0 Å². The van der Waals surface area contributed by atoms with Crippen molar-refractivity contribution in [2.45, 2.75) is 20.0 Å². The van der Waals surface area contributed by atoms with E-state index in [1.165, 1.54) is 11.6 Å². The van der Waals surface area contributed by atoms with Gasteiger partial charge in [-0.1, -0.05) is 48.1 Å². The first kappa shape index (κ1) is 14.2. The molecule has 0 aliphatic heterocycles. The molecule has 0 unspecified atom stereocenters. The minimum absolute atomic E-state index is 0.267. The number of aliphatic hydroxyl groups excluding tert-OH is 1. The Hall–Kier alpha value is -1.87. The van der Waals surface area contributed by atoms with E-state index in [0.717, 1.165) is 5.56 Å². The zero-order valence-electron chi connectivity index (χ0n) is 10.7. The molecule has 0 amide bonds. The molecular weight excluding hydrogens is 228 g/mol. The Morgan fingerprint density at radius 2 is 2.00 bits per heavy atom. The molecule has 0 bridgehead atoms. The molecule has 0 fully saturated rings. The Morgan fingerprint density at radius 1 is 1.33 bits per heavy atom. The summed E-state index contributed by atoms with van der Waals surface area (Å²) in [6.45, 7) is 4.00.